The van der Waals surface area contributed by atoms with Crippen molar-refractivity contribution >= 4 is 35.3 Å². The average molecular weight is 607 g/mol. The summed E-state index contributed by atoms with van der Waals surface area (Å²) in [6, 6.07) is 15.5. The first-order valence-corrected chi connectivity index (χ1v) is 16.4. The van der Waals surface area contributed by atoms with Gasteiger partial charge in [0.1, 0.15) is 0 Å². The van der Waals surface area contributed by atoms with Crippen molar-refractivity contribution in [3.8, 4) is 0 Å². The molecule has 41 heavy (non-hydrogen) atoms. The van der Waals surface area contributed by atoms with E-state index in [0.29, 0.717) is 90.2 Å². The van der Waals surface area contributed by atoms with E-state index in [1.165, 1.54) is 0 Å². The van der Waals surface area contributed by atoms with E-state index in [0.717, 1.165) is 14.9 Å². The molecule has 0 saturated carbocycles. The minimum atomic E-state index is -0.0145. The molecule has 0 radical (unpaired) electrons. The molecule has 0 aromatic heterocycles. The Bertz CT molecular complexity index is 892. The summed E-state index contributed by atoms with van der Waals surface area (Å²) in [5, 5.41) is 0.810. The summed E-state index contributed by atoms with van der Waals surface area (Å²) in [7, 11) is 0. The smallest absolute Gasteiger partial charge is 0.254 e. The van der Waals surface area contributed by atoms with E-state index < -0.39 is 0 Å². The third kappa shape index (κ3) is 13.6. The van der Waals surface area contributed by atoms with Crippen molar-refractivity contribution in [2.45, 2.75) is 37.5 Å². The zero-order valence-electron chi connectivity index (χ0n) is 25.0. The van der Waals surface area contributed by atoms with Crippen molar-refractivity contribution in [1.29, 1.82) is 0 Å². The molecular formula is C31H46N2O6S2. The van der Waals surface area contributed by atoms with E-state index in [2.05, 4.69) is 0 Å². The first-order valence-electron chi connectivity index (χ1n) is 14.4. The van der Waals surface area contributed by atoms with Gasteiger partial charge in [0.05, 0.1) is 26.4 Å². The highest BCUT2D eigenvalue weighted by Gasteiger charge is 2.17. The monoisotopic (exact) mass is 606 g/mol. The second kappa shape index (κ2) is 21.6. The van der Waals surface area contributed by atoms with Crippen LogP contribution in [-0.4, -0.2) is 106 Å². The van der Waals surface area contributed by atoms with Crippen LogP contribution >= 0.6 is 23.5 Å². The maximum absolute atomic E-state index is 13.1. The molecule has 8 nitrogen and oxygen atoms in total. The van der Waals surface area contributed by atoms with Crippen LogP contribution in [0.15, 0.2) is 58.3 Å². The van der Waals surface area contributed by atoms with Crippen molar-refractivity contribution in [3.63, 3.8) is 0 Å². The Morgan fingerprint density at radius 1 is 0.537 bits per heavy atom. The molecule has 2 aromatic carbocycles. The van der Waals surface area contributed by atoms with Crippen LogP contribution in [0.3, 0.4) is 0 Å². The molecular weight excluding hydrogens is 560 g/mol. The van der Waals surface area contributed by atoms with Crippen molar-refractivity contribution in [2.24, 2.45) is 0 Å². The van der Waals surface area contributed by atoms with Crippen molar-refractivity contribution in [3.05, 3.63) is 59.7 Å². The first kappa shape index (κ1) is 35.1. The minimum Gasteiger partial charge on any atom is -0.380 e. The molecule has 228 valence electrons. The molecule has 2 amide bonds. The van der Waals surface area contributed by atoms with Crippen molar-refractivity contribution < 1.29 is 28.5 Å². The average Bonchev–Trinajstić information content (AvgIpc) is 3.00. The Hall–Kier alpha value is -2.08. The van der Waals surface area contributed by atoms with Gasteiger partial charge < -0.3 is 28.7 Å². The lowest BCUT2D eigenvalue weighted by Crippen LogP contribution is -2.36. The fraction of sp³-hybridized carbons (Fsp3) is 0.548. The molecule has 0 unspecified atom stereocenters. The van der Waals surface area contributed by atoms with Crippen molar-refractivity contribution in [2.75, 3.05) is 84.1 Å². The molecule has 0 fully saturated rings. The molecule has 0 spiro atoms. The molecule has 0 atom stereocenters. The molecule has 0 aliphatic carbocycles. The summed E-state index contributed by atoms with van der Waals surface area (Å²) >= 11 is 3.42. The maximum atomic E-state index is 13.1. The molecule has 0 aliphatic heterocycles. The van der Waals surface area contributed by atoms with Gasteiger partial charge in [0.15, 0.2) is 0 Å². The lowest BCUT2D eigenvalue weighted by Gasteiger charge is -2.22. The maximum Gasteiger partial charge on any atom is 0.254 e. The van der Waals surface area contributed by atoms with Crippen LogP contribution in [0, 0.1) is 0 Å². The number of hydrogen-bond donors (Lipinski definition) is 0. The van der Waals surface area contributed by atoms with Crippen molar-refractivity contribution in [1.82, 2.24) is 9.80 Å². The lowest BCUT2D eigenvalue weighted by atomic mass is 10.2. The highest BCUT2D eigenvalue weighted by atomic mass is 32.2. The highest BCUT2D eigenvalue weighted by molar-refractivity contribution is 8.16. The second-order valence-corrected chi connectivity index (χ2v) is 11.3. The van der Waals surface area contributed by atoms with E-state index in [4.69, 9.17) is 18.9 Å². The summed E-state index contributed by atoms with van der Waals surface area (Å²) in [4.78, 5) is 31.9. The summed E-state index contributed by atoms with van der Waals surface area (Å²) in [5.74, 6) is -0.0291. The molecule has 0 aliphatic rings. The molecule has 2 aromatic rings. The van der Waals surface area contributed by atoms with Crippen LogP contribution in [0.4, 0.5) is 0 Å². The Labute approximate surface area is 254 Å². The normalized spacial score (nSPS) is 11.0. The van der Waals surface area contributed by atoms with Crippen LogP contribution in [0.5, 0.6) is 0 Å². The molecule has 0 N–H and O–H groups in total. The van der Waals surface area contributed by atoms with Gasteiger partial charge in [-0.3, -0.25) is 9.59 Å². The highest BCUT2D eigenvalue weighted by Crippen LogP contribution is 2.28. The van der Waals surface area contributed by atoms with E-state index in [1.54, 1.807) is 33.3 Å². The van der Waals surface area contributed by atoms with E-state index in [-0.39, 0.29) is 11.8 Å². The molecule has 0 heterocycles. The third-order valence-corrected chi connectivity index (χ3v) is 8.22. The minimum absolute atomic E-state index is 0.0145. The standard InChI is InChI=1S/C31H46N2O6S2/c1-5-36-21-17-32(18-22-37-6-2)30(34)26-9-13-28(14-10-26)40-25-41-29-15-11-27(12-16-29)31(35)33(19-23-38-7-3)20-24-39-8-4/h9-16H,5-8,17-25H2,1-4H3. The second-order valence-electron chi connectivity index (χ2n) is 8.83. The van der Waals surface area contributed by atoms with Crippen LogP contribution in [0.1, 0.15) is 48.4 Å². The number of carbonyl (C=O) groups is 2. The lowest BCUT2D eigenvalue weighted by molar-refractivity contribution is 0.0547. The summed E-state index contributed by atoms with van der Waals surface area (Å²) in [5.41, 5.74) is 1.32. The summed E-state index contributed by atoms with van der Waals surface area (Å²) in [6.45, 7) is 14.5. The number of nitrogens with zero attached hydrogens (tertiary/aromatic N) is 2. The van der Waals surface area contributed by atoms with Crippen LogP contribution < -0.4 is 0 Å². The number of carbonyl (C=O) groups excluding carboxylic acids is 2. The predicted molar refractivity (Wildman–Crippen MR) is 167 cm³/mol. The van der Waals surface area contributed by atoms with Crippen LogP contribution in [0.25, 0.3) is 0 Å². The fourth-order valence-corrected chi connectivity index (χ4v) is 5.81. The third-order valence-electron chi connectivity index (χ3n) is 6.07. The number of hydrogen-bond acceptors (Lipinski definition) is 8. The number of ether oxygens (including phenoxy) is 4. The number of benzene rings is 2. The SMILES string of the molecule is CCOCCN(CCOCC)C(=O)c1ccc(SCSc2ccc(C(=O)N(CCOCC)CCOCC)cc2)cc1. The molecule has 2 rings (SSSR count). The van der Waals surface area contributed by atoms with Gasteiger partial charge in [0.25, 0.3) is 11.8 Å². The quantitative estimate of drug-likeness (QED) is 0.0980. The first-order chi connectivity index (χ1) is 20.0. The van der Waals surface area contributed by atoms with E-state index in [1.807, 2.05) is 76.2 Å². The molecule has 0 bridgehead atoms. The van der Waals surface area contributed by atoms with Gasteiger partial charge in [-0.1, -0.05) is 0 Å². The summed E-state index contributed by atoms with van der Waals surface area (Å²) < 4.78 is 21.8. The van der Waals surface area contributed by atoms with Crippen LogP contribution in [0.2, 0.25) is 0 Å². The molecule has 0 saturated heterocycles. The van der Waals surface area contributed by atoms with Gasteiger partial charge in [-0.2, -0.15) is 0 Å². The van der Waals surface area contributed by atoms with E-state index >= 15 is 0 Å². The largest absolute Gasteiger partial charge is 0.380 e. The Balaban J connectivity index is 1.88. The number of amides is 2. The van der Waals surface area contributed by atoms with Gasteiger partial charge in [-0.25, -0.2) is 0 Å². The van der Waals surface area contributed by atoms with Crippen LogP contribution in [-0.2, 0) is 18.9 Å². The summed E-state index contributed by atoms with van der Waals surface area (Å²) in [6.07, 6.45) is 0. The number of thioether (sulfide) groups is 2. The zero-order valence-corrected chi connectivity index (χ0v) is 26.6. The van der Waals surface area contributed by atoms with E-state index in [9.17, 15) is 9.59 Å². The predicted octanol–water partition coefficient (Wildman–Crippen LogP) is 5.56. The van der Waals surface area contributed by atoms with Gasteiger partial charge in [0.2, 0.25) is 0 Å². The molecule has 10 heteroatoms. The van der Waals surface area contributed by atoms with Gasteiger partial charge in [0, 0.05) is 78.6 Å². The Kier molecular flexibility index (Phi) is 18.5. The zero-order chi connectivity index (χ0) is 29.7. The Morgan fingerprint density at radius 2 is 0.829 bits per heavy atom. The Morgan fingerprint density at radius 3 is 1.10 bits per heavy atom. The number of rotatable bonds is 22. The van der Waals surface area contributed by atoms with Gasteiger partial charge in [-0.05, 0) is 76.2 Å². The fourth-order valence-electron chi connectivity index (χ4n) is 3.82. The topological polar surface area (TPSA) is 77.5 Å². The van der Waals surface area contributed by atoms with Gasteiger partial charge >= 0.3 is 0 Å². The van der Waals surface area contributed by atoms with Gasteiger partial charge in [-0.15, -0.1) is 23.5 Å².